The van der Waals surface area contributed by atoms with E-state index in [0.717, 1.165) is 0 Å². The molecule has 0 saturated carbocycles. The first-order valence-corrected chi connectivity index (χ1v) is 10.3. The maximum absolute atomic E-state index is 12.2. The van der Waals surface area contributed by atoms with Gasteiger partial charge in [-0.05, 0) is 25.2 Å². The van der Waals surface area contributed by atoms with Crippen LogP contribution in [0.2, 0.25) is 0 Å². The fraction of sp³-hybridized carbons (Fsp3) is 1.00. The Morgan fingerprint density at radius 3 is 1.88 bits per heavy atom. The molecule has 6 heteroatoms. The van der Waals surface area contributed by atoms with E-state index in [1.54, 1.807) is 4.08 Å². The molecule has 0 bridgehead atoms. The van der Waals surface area contributed by atoms with Gasteiger partial charge in [-0.1, -0.05) is 50.5 Å². The van der Waals surface area contributed by atoms with Crippen molar-refractivity contribution in [3.8, 4) is 0 Å². The number of nitrogens with zero attached hydrogens (tertiary/aromatic N) is 1. The summed E-state index contributed by atoms with van der Waals surface area (Å²) in [6.45, 7) is 12.8. The Kier molecular flexibility index (Phi) is 4.38. The number of rotatable bonds is 1. The van der Waals surface area contributed by atoms with E-state index in [2.05, 4.69) is 50.5 Å². The van der Waals surface area contributed by atoms with Gasteiger partial charge in [0.05, 0.1) is 5.75 Å². The van der Waals surface area contributed by atoms with E-state index in [1.165, 1.54) is 0 Å². The van der Waals surface area contributed by atoms with Crippen LogP contribution in [0.5, 0.6) is 0 Å². The fourth-order valence-corrected chi connectivity index (χ4v) is 8.20. The minimum absolute atomic E-state index is 0.0179. The molecule has 1 aliphatic rings. The van der Waals surface area contributed by atoms with Gasteiger partial charge in [-0.25, -0.2) is 8.42 Å². The first-order valence-electron chi connectivity index (χ1n) is 5.89. The van der Waals surface area contributed by atoms with Crippen LogP contribution in [0.15, 0.2) is 0 Å². The molecular weight excluding hydrogens is 272 g/mol. The molecule has 0 aromatic rings. The lowest BCUT2D eigenvalue weighted by atomic mass is 9.70. The molecule has 0 aromatic carbocycles. The Morgan fingerprint density at radius 2 is 1.59 bits per heavy atom. The molecular formula is C11H25NO2P2S. The summed E-state index contributed by atoms with van der Waals surface area (Å²) in [5.41, 5.74) is -0.00479. The van der Waals surface area contributed by atoms with Crippen molar-refractivity contribution in [1.29, 1.82) is 0 Å². The van der Waals surface area contributed by atoms with Crippen LogP contribution in [0.1, 0.15) is 41.5 Å². The lowest BCUT2D eigenvalue weighted by Gasteiger charge is -2.41. The molecule has 0 aliphatic carbocycles. The molecule has 0 N–H and O–H groups in total. The van der Waals surface area contributed by atoms with Crippen molar-refractivity contribution in [2.45, 2.75) is 47.6 Å². The van der Waals surface area contributed by atoms with Gasteiger partial charge >= 0.3 is 0 Å². The van der Waals surface area contributed by atoms with Crippen molar-refractivity contribution >= 4 is 27.4 Å². The van der Waals surface area contributed by atoms with Crippen molar-refractivity contribution in [3.63, 3.8) is 0 Å². The summed E-state index contributed by atoms with van der Waals surface area (Å²) in [7, 11) is -0.254. The second-order valence-electron chi connectivity index (χ2n) is 6.99. The van der Waals surface area contributed by atoms with Gasteiger partial charge in [-0.3, -0.25) is 0 Å². The van der Waals surface area contributed by atoms with Gasteiger partial charge in [-0.2, -0.15) is 4.08 Å². The molecule has 1 heterocycles. The normalized spacial score (nSPS) is 31.5. The van der Waals surface area contributed by atoms with Crippen LogP contribution in [-0.4, -0.2) is 24.3 Å². The minimum Gasteiger partial charge on any atom is -0.212 e. The molecule has 1 aliphatic heterocycles. The third kappa shape index (κ3) is 3.21. The molecule has 3 nitrogen and oxygen atoms in total. The van der Waals surface area contributed by atoms with Crippen molar-refractivity contribution in [2.24, 2.45) is 16.7 Å². The summed E-state index contributed by atoms with van der Waals surface area (Å²) in [5, 5.41) is 0. The molecule has 4 atom stereocenters. The molecule has 1 fully saturated rings. The summed E-state index contributed by atoms with van der Waals surface area (Å²) in [4.78, 5) is 0. The van der Waals surface area contributed by atoms with Crippen molar-refractivity contribution < 1.29 is 8.42 Å². The van der Waals surface area contributed by atoms with E-state index >= 15 is 0 Å². The van der Waals surface area contributed by atoms with Gasteiger partial charge in [0.15, 0.2) is 0 Å². The van der Waals surface area contributed by atoms with E-state index in [0.29, 0.717) is 5.75 Å². The Labute approximate surface area is 110 Å². The molecule has 0 aromatic heterocycles. The second-order valence-corrected chi connectivity index (χ2v) is 10.7. The highest BCUT2D eigenvalue weighted by Gasteiger charge is 2.53. The highest BCUT2D eigenvalue weighted by Crippen LogP contribution is 2.51. The Balaban J connectivity index is 3.26. The summed E-state index contributed by atoms with van der Waals surface area (Å²) in [6.07, 6.45) is 0. The average Bonchev–Trinajstić information content (AvgIpc) is 2.34. The lowest BCUT2D eigenvalue weighted by molar-refractivity contribution is 0.120. The first kappa shape index (κ1) is 15.8. The van der Waals surface area contributed by atoms with E-state index in [1.807, 2.05) is 0 Å². The van der Waals surface area contributed by atoms with Crippen LogP contribution in [0.4, 0.5) is 0 Å². The Bertz CT molecular complexity index is 381. The van der Waals surface area contributed by atoms with Crippen LogP contribution in [-0.2, 0) is 10.0 Å². The molecule has 1 rings (SSSR count). The quantitative estimate of drug-likeness (QED) is 0.697. The Morgan fingerprint density at radius 1 is 1.12 bits per heavy atom. The zero-order valence-electron chi connectivity index (χ0n) is 11.6. The molecule has 0 spiro atoms. The molecule has 17 heavy (non-hydrogen) atoms. The van der Waals surface area contributed by atoms with E-state index < -0.39 is 10.0 Å². The van der Waals surface area contributed by atoms with Gasteiger partial charge in [0, 0.05) is 6.04 Å². The number of sulfonamides is 1. The summed E-state index contributed by atoms with van der Waals surface area (Å²) >= 11 is 0. The van der Waals surface area contributed by atoms with Crippen LogP contribution < -0.4 is 0 Å². The van der Waals surface area contributed by atoms with Crippen LogP contribution >= 0.6 is 17.3 Å². The topological polar surface area (TPSA) is 37.4 Å². The lowest BCUT2D eigenvalue weighted by Crippen LogP contribution is -2.43. The number of hydrogen-bond donors (Lipinski definition) is 0. The van der Waals surface area contributed by atoms with Crippen molar-refractivity contribution in [1.82, 2.24) is 4.08 Å². The van der Waals surface area contributed by atoms with E-state index in [-0.39, 0.29) is 31.2 Å². The minimum atomic E-state index is -3.08. The fourth-order valence-electron chi connectivity index (χ4n) is 2.57. The molecule has 1 saturated heterocycles. The van der Waals surface area contributed by atoms with Gasteiger partial charge in [-0.15, -0.1) is 0 Å². The molecule has 102 valence electrons. The predicted octanol–water partition coefficient (Wildman–Crippen LogP) is 3.09. The third-order valence-corrected chi connectivity index (χ3v) is 8.14. The van der Waals surface area contributed by atoms with Gasteiger partial charge in [0.1, 0.15) is 0 Å². The standard InChI is InChI=1S/C11H25NO2P2S/c1-10(2,3)8-7-17(13,14)12(16-15)9(8)11(4,5)6/h8-9,16H,7,15H2,1-6H3. The van der Waals surface area contributed by atoms with Crippen molar-refractivity contribution in [2.75, 3.05) is 5.75 Å². The molecule has 0 amide bonds. The first-order chi connectivity index (χ1) is 7.41. The third-order valence-electron chi connectivity index (χ3n) is 3.45. The average molecular weight is 297 g/mol. The predicted molar refractivity (Wildman–Crippen MR) is 79.8 cm³/mol. The van der Waals surface area contributed by atoms with Gasteiger partial charge in [0.25, 0.3) is 0 Å². The highest BCUT2D eigenvalue weighted by molar-refractivity contribution is 8.08. The zero-order chi connectivity index (χ0) is 13.6. The zero-order valence-corrected chi connectivity index (χ0v) is 14.6. The van der Waals surface area contributed by atoms with Crippen LogP contribution in [0.3, 0.4) is 0 Å². The maximum Gasteiger partial charge on any atom is 0.218 e. The highest BCUT2D eigenvalue weighted by atomic mass is 32.2. The summed E-state index contributed by atoms with van der Waals surface area (Å²) in [5.74, 6) is 0.486. The maximum atomic E-state index is 12.2. The van der Waals surface area contributed by atoms with Crippen LogP contribution in [0, 0.1) is 16.7 Å². The Hall–Kier alpha value is 0.770. The van der Waals surface area contributed by atoms with Gasteiger partial charge < -0.3 is 0 Å². The molecule has 4 unspecified atom stereocenters. The SMILES string of the molecule is CC(C)(C)C1CS(=O)(=O)N(PP)C1C(C)(C)C. The van der Waals surface area contributed by atoms with Crippen LogP contribution in [0.25, 0.3) is 0 Å². The largest absolute Gasteiger partial charge is 0.218 e. The van der Waals surface area contributed by atoms with E-state index in [9.17, 15) is 8.42 Å². The second kappa shape index (κ2) is 4.71. The molecule has 0 radical (unpaired) electrons. The monoisotopic (exact) mass is 297 g/mol. The van der Waals surface area contributed by atoms with Crippen molar-refractivity contribution in [3.05, 3.63) is 0 Å². The van der Waals surface area contributed by atoms with E-state index in [4.69, 9.17) is 0 Å². The smallest absolute Gasteiger partial charge is 0.212 e. The van der Waals surface area contributed by atoms with Gasteiger partial charge in [0.2, 0.25) is 10.0 Å². The number of hydrogen-bond acceptors (Lipinski definition) is 2. The summed E-state index contributed by atoms with van der Waals surface area (Å²) in [6, 6.07) is 0.100. The summed E-state index contributed by atoms with van der Waals surface area (Å²) < 4.78 is 26.2.